The number of benzene rings is 1. The summed E-state index contributed by atoms with van der Waals surface area (Å²) in [5, 5.41) is 3.82. The minimum absolute atomic E-state index is 0.439. The lowest BCUT2D eigenvalue weighted by atomic mass is 10.2. The van der Waals surface area contributed by atoms with Gasteiger partial charge in [-0.2, -0.15) is 0 Å². The maximum atomic E-state index is 6.22. The largest absolute Gasteiger partial charge is 0.226 e. The van der Waals surface area contributed by atoms with Crippen LogP contribution in [0.4, 0.5) is 0 Å². The van der Waals surface area contributed by atoms with Crippen LogP contribution in [-0.2, 0) is 0 Å². The molecule has 2 aromatic heterocycles. The number of rotatable bonds is 1. The molecule has 0 aliphatic heterocycles. The molecule has 18 heavy (non-hydrogen) atoms. The van der Waals surface area contributed by atoms with E-state index in [1.807, 2.05) is 36.6 Å². The molecule has 1 aromatic carbocycles. The topological polar surface area (TPSA) is 25.8 Å². The molecular weight excluding hydrogens is 287 g/mol. The fourth-order valence-corrected chi connectivity index (χ4v) is 3.00. The SMILES string of the molecule is Cc1cc(Cl)c2nc(-c3cccs3)nc(Cl)c2c1. The van der Waals surface area contributed by atoms with Crippen molar-refractivity contribution in [2.24, 2.45) is 0 Å². The smallest absolute Gasteiger partial charge is 0.171 e. The summed E-state index contributed by atoms with van der Waals surface area (Å²) in [4.78, 5) is 9.82. The van der Waals surface area contributed by atoms with Crippen molar-refractivity contribution in [3.63, 3.8) is 0 Å². The Labute approximate surface area is 118 Å². The number of nitrogens with zero attached hydrogens (tertiary/aromatic N) is 2. The third-order valence-electron chi connectivity index (χ3n) is 2.59. The highest BCUT2D eigenvalue weighted by Gasteiger charge is 2.11. The predicted octanol–water partition coefficient (Wildman–Crippen LogP) is 4.97. The predicted molar refractivity (Wildman–Crippen MR) is 77.6 cm³/mol. The van der Waals surface area contributed by atoms with Crippen LogP contribution in [0, 0.1) is 6.92 Å². The second kappa shape index (κ2) is 4.50. The van der Waals surface area contributed by atoms with Gasteiger partial charge in [0.05, 0.1) is 15.4 Å². The fourth-order valence-electron chi connectivity index (χ4n) is 1.81. The summed E-state index contributed by atoms with van der Waals surface area (Å²) in [5.74, 6) is 0.619. The van der Waals surface area contributed by atoms with E-state index in [1.165, 1.54) is 0 Å². The average Bonchev–Trinajstić information content (AvgIpc) is 2.83. The van der Waals surface area contributed by atoms with Gasteiger partial charge in [-0.05, 0) is 36.1 Å². The molecule has 0 saturated heterocycles. The van der Waals surface area contributed by atoms with Crippen LogP contribution < -0.4 is 0 Å². The molecule has 0 unspecified atom stereocenters. The number of thiophene rings is 1. The lowest BCUT2D eigenvalue weighted by molar-refractivity contribution is 1.24. The first-order chi connectivity index (χ1) is 8.65. The molecule has 3 aromatic rings. The van der Waals surface area contributed by atoms with Crippen LogP contribution in [0.15, 0.2) is 29.6 Å². The standard InChI is InChI=1S/C13H8Cl2N2S/c1-7-5-8-11(9(14)6-7)16-13(17-12(8)15)10-3-2-4-18-10/h2-6H,1H3. The average molecular weight is 295 g/mol. The van der Waals surface area contributed by atoms with Crippen LogP contribution >= 0.6 is 34.5 Å². The van der Waals surface area contributed by atoms with Crippen LogP contribution in [0.25, 0.3) is 21.6 Å². The number of aryl methyl sites for hydroxylation is 1. The number of fused-ring (bicyclic) bond motifs is 1. The molecule has 90 valence electrons. The maximum Gasteiger partial charge on any atom is 0.171 e. The van der Waals surface area contributed by atoms with E-state index in [0.717, 1.165) is 15.8 Å². The fraction of sp³-hybridized carbons (Fsp3) is 0.0769. The zero-order valence-electron chi connectivity index (χ0n) is 9.45. The molecular formula is C13H8Cl2N2S. The highest BCUT2D eigenvalue weighted by atomic mass is 35.5. The molecule has 0 spiro atoms. The molecule has 0 radical (unpaired) electrons. The van der Waals surface area contributed by atoms with Crippen molar-refractivity contribution in [1.82, 2.24) is 9.97 Å². The highest BCUT2D eigenvalue weighted by molar-refractivity contribution is 7.13. The lowest BCUT2D eigenvalue weighted by Crippen LogP contribution is -1.91. The molecule has 0 aliphatic carbocycles. The van der Waals surface area contributed by atoms with E-state index >= 15 is 0 Å². The summed E-state index contributed by atoms with van der Waals surface area (Å²) < 4.78 is 0. The first-order valence-corrected chi connectivity index (χ1v) is 6.96. The van der Waals surface area contributed by atoms with E-state index in [1.54, 1.807) is 11.3 Å². The quantitative estimate of drug-likeness (QED) is 0.592. The first kappa shape index (κ1) is 11.9. The zero-order chi connectivity index (χ0) is 12.7. The van der Waals surface area contributed by atoms with Gasteiger partial charge < -0.3 is 0 Å². The normalized spacial score (nSPS) is 11.1. The van der Waals surface area contributed by atoms with Crippen molar-refractivity contribution >= 4 is 45.4 Å². The Morgan fingerprint density at radius 2 is 2.00 bits per heavy atom. The van der Waals surface area contributed by atoms with E-state index in [2.05, 4.69) is 9.97 Å². The van der Waals surface area contributed by atoms with Gasteiger partial charge in [0, 0.05) is 5.39 Å². The molecule has 0 atom stereocenters. The molecule has 5 heteroatoms. The molecule has 0 bridgehead atoms. The second-order valence-corrected chi connectivity index (χ2v) is 5.67. The van der Waals surface area contributed by atoms with Gasteiger partial charge in [-0.3, -0.25) is 0 Å². The Morgan fingerprint density at radius 1 is 1.17 bits per heavy atom. The van der Waals surface area contributed by atoms with Gasteiger partial charge in [0.25, 0.3) is 0 Å². The second-order valence-electron chi connectivity index (χ2n) is 3.96. The third-order valence-corrected chi connectivity index (χ3v) is 4.04. The van der Waals surface area contributed by atoms with E-state index in [9.17, 15) is 0 Å². The van der Waals surface area contributed by atoms with Gasteiger partial charge in [0.1, 0.15) is 5.15 Å². The van der Waals surface area contributed by atoms with Crippen molar-refractivity contribution in [3.05, 3.63) is 45.4 Å². The molecule has 0 N–H and O–H groups in total. The minimum atomic E-state index is 0.439. The van der Waals surface area contributed by atoms with Gasteiger partial charge in [-0.15, -0.1) is 11.3 Å². The summed E-state index contributed by atoms with van der Waals surface area (Å²) in [5.41, 5.74) is 1.74. The van der Waals surface area contributed by atoms with Crippen LogP contribution in [0.3, 0.4) is 0 Å². The van der Waals surface area contributed by atoms with E-state index in [0.29, 0.717) is 21.5 Å². The Hall–Kier alpha value is -1.16. The first-order valence-electron chi connectivity index (χ1n) is 5.32. The summed E-state index contributed by atoms with van der Waals surface area (Å²) in [6.07, 6.45) is 0. The van der Waals surface area contributed by atoms with Gasteiger partial charge in [-0.25, -0.2) is 9.97 Å². The van der Waals surface area contributed by atoms with Crippen LogP contribution in [0.5, 0.6) is 0 Å². The summed E-state index contributed by atoms with van der Waals surface area (Å²) in [6, 6.07) is 7.75. The van der Waals surface area contributed by atoms with Crippen molar-refractivity contribution in [3.8, 4) is 10.7 Å². The highest BCUT2D eigenvalue weighted by Crippen LogP contribution is 2.31. The third kappa shape index (κ3) is 1.99. The van der Waals surface area contributed by atoms with Gasteiger partial charge in [-0.1, -0.05) is 29.3 Å². The van der Waals surface area contributed by atoms with E-state index < -0.39 is 0 Å². The van der Waals surface area contributed by atoms with Crippen molar-refractivity contribution < 1.29 is 0 Å². The van der Waals surface area contributed by atoms with Crippen LogP contribution in [0.2, 0.25) is 10.2 Å². The molecule has 2 heterocycles. The molecule has 0 fully saturated rings. The summed E-state index contributed by atoms with van der Waals surface area (Å²) >= 11 is 14.0. The minimum Gasteiger partial charge on any atom is -0.226 e. The van der Waals surface area contributed by atoms with Crippen molar-refractivity contribution in [1.29, 1.82) is 0 Å². The summed E-state index contributed by atoms with van der Waals surface area (Å²) in [6.45, 7) is 1.97. The summed E-state index contributed by atoms with van der Waals surface area (Å²) in [7, 11) is 0. The van der Waals surface area contributed by atoms with Crippen LogP contribution in [-0.4, -0.2) is 9.97 Å². The number of hydrogen-bond acceptors (Lipinski definition) is 3. The zero-order valence-corrected chi connectivity index (χ0v) is 11.8. The van der Waals surface area contributed by atoms with Crippen molar-refractivity contribution in [2.45, 2.75) is 6.92 Å². The monoisotopic (exact) mass is 294 g/mol. The molecule has 2 nitrogen and oxygen atoms in total. The van der Waals surface area contributed by atoms with Crippen LogP contribution in [0.1, 0.15) is 5.56 Å². The Bertz CT molecular complexity index is 723. The number of hydrogen-bond donors (Lipinski definition) is 0. The Morgan fingerprint density at radius 3 is 2.72 bits per heavy atom. The van der Waals surface area contributed by atoms with Gasteiger partial charge >= 0.3 is 0 Å². The molecule has 0 saturated carbocycles. The molecule has 0 aliphatic rings. The van der Waals surface area contributed by atoms with Gasteiger partial charge in [0.15, 0.2) is 5.82 Å². The number of halogens is 2. The maximum absolute atomic E-state index is 6.22. The molecule has 3 rings (SSSR count). The lowest BCUT2D eigenvalue weighted by Gasteiger charge is -2.05. The Balaban J connectivity index is 2.34. The van der Waals surface area contributed by atoms with E-state index in [4.69, 9.17) is 23.2 Å². The van der Waals surface area contributed by atoms with E-state index in [-0.39, 0.29) is 0 Å². The van der Waals surface area contributed by atoms with Crippen molar-refractivity contribution in [2.75, 3.05) is 0 Å². The number of aromatic nitrogens is 2. The molecule has 0 amide bonds. The van der Waals surface area contributed by atoms with Gasteiger partial charge in [0.2, 0.25) is 0 Å². The Kier molecular flexibility index (Phi) is 2.98.